The number of carbonyl (C=O) groups is 4. The fourth-order valence-corrected chi connectivity index (χ4v) is 9.54. The summed E-state index contributed by atoms with van der Waals surface area (Å²) >= 11 is 0. The molecule has 2 spiro atoms. The molecule has 194 valence electrons. The highest BCUT2D eigenvalue weighted by Crippen LogP contribution is 2.78. The average Bonchev–Trinajstić information content (AvgIpc) is 3.43. The zero-order chi connectivity index (χ0) is 25.6. The molecule has 7 aliphatic rings. The Bertz CT molecular complexity index is 1170. The van der Waals surface area contributed by atoms with E-state index in [0.717, 1.165) is 0 Å². The number of aliphatic hydroxyl groups is 1. The molecule has 7 rings (SSSR count). The van der Waals surface area contributed by atoms with Crippen LogP contribution in [0.25, 0.3) is 0 Å². The minimum Gasteiger partial charge on any atom is -0.465 e. The summed E-state index contributed by atoms with van der Waals surface area (Å²) in [4.78, 5) is 51.7. The van der Waals surface area contributed by atoms with E-state index in [9.17, 15) is 24.3 Å². The molecule has 10 atom stereocenters. The topological polar surface area (TPSA) is 138 Å². The molecule has 4 saturated heterocycles. The van der Waals surface area contributed by atoms with Gasteiger partial charge in [-0.3, -0.25) is 9.59 Å². The molecule has 5 aliphatic heterocycles. The SMILES string of the molecule is CC1(C)O[C@H]2CC(=O)OC[C@@]23C1CC(=O)[C@]1(C)C3CC[C@@]2(C)[C@H](C3=CC(=O)OC3O)OC(=O)[C@H]3O[C@]321. The van der Waals surface area contributed by atoms with Crippen molar-refractivity contribution < 1.29 is 48.0 Å². The van der Waals surface area contributed by atoms with Crippen molar-refractivity contribution in [2.24, 2.45) is 28.1 Å². The van der Waals surface area contributed by atoms with E-state index in [4.69, 9.17) is 23.7 Å². The largest absolute Gasteiger partial charge is 0.465 e. The molecule has 10 nitrogen and oxygen atoms in total. The van der Waals surface area contributed by atoms with Crippen molar-refractivity contribution in [3.8, 4) is 0 Å². The van der Waals surface area contributed by atoms with Gasteiger partial charge in [0.2, 0.25) is 6.29 Å². The van der Waals surface area contributed by atoms with Gasteiger partial charge in [0.25, 0.3) is 0 Å². The smallest absolute Gasteiger partial charge is 0.339 e. The number of fused-ring (bicyclic) bond motifs is 1. The third-order valence-corrected chi connectivity index (χ3v) is 11.0. The Morgan fingerprint density at radius 3 is 2.39 bits per heavy atom. The van der Waals surface area contributed by atoms with Crippen LogP contribution in [-0.4, -0.2) is 71.2 Å². The number of ether oxygens (including phenoxy) is 5. The van der Waals surface area contributed by atoms with Gasteiger partial charge in [-0.25, -0.2) is 9.59 Å². The molecular formula is C26H30O10. The lowest BCUT2D eigenvalue weighted by atomic mass is 9.37. The molecule has 2 aliphatic carbocycles. The van der Waals surface area contributed by atoms with Crippen LogP contribution < -0.4 is 0 Å². The van der Waals surface area contributed by atoms with Gasteiger partial charge in [0, 0.05) is 34.8 Å². The number of hydrogen-bond donors (Lipinski definition) is 1. The lowest BCUT2D eigenvalue weighted by Crippen LogP contribution is -2.74. The fourth-order valence-electron chi connectivity index (χ4n) is 9.54. The summed E-state index contributed by atoms with van der Waals surface area (Å²) in [7, 11) is 0. The van der Waals surface area contributed by atoms with Gasteiger partial charge >= 0.3 is 17.9 Å². The van der Waals surface area contributed by atoms with E-state index < -0.39 is 64.0 Å². The van der Waals surface area contributed by atoms with Crippen LogP contribution in [0.1, 0.15) is 53.4 Å². The zero-order valence-electron chi connectivity index (χ0n) is 20.7. The number of cyclic esters (lactones) is 3. The first-order valence-electron chi connectivity index (χ1n) is 12.7. The monoisotopic (exact) mass is 502 g/mol. The highest BCUT2D eigenvalue weighted by atomic mass is 16.7. The molecule has 36 heavy (non-hydrogen) atoms. The number of aliphatic hydroxyl groups excluding tert-OH is 1. The van der Waals surface area contributed by atoms with Crippen molar-refractivity contribution in [2.75, 3.05) is 6.61 Å². The van der Waals surface area contributed by atoms with Crippen LogP contribution in [0, 0.1) is 28.1 Å². The number of hydrogen-bond acceptors (Lipinski definition) is 10. The molecule has 6 fully saturated rings. The van der Waals surface area contributed by atoms with E-state index in [-0.39, 0.29) is 48.6 Å². The third kappa shape index (κ3) is 2.23. The summed E-state index contributed by atoms with van der Waals surface area (Å²) in [6.45, 7) is 7.90. The van der Waals surface area contributed by atoms with Crippen LogP contribution in [-0.2, 0) is 42.9 Å². The van der Waals surface area contributed by atoms with Gasteiger partial charge in [0.05, 0.1) is 23.5 Å². The molecule has 1 N–H and O–H groups in total. The minimum absolute atomic E-state index is 0.00694. The first-order valence-corrected chi connectivity index (χ1v) is 12.7. The number of ketones is 1. The van der Waals surface area contributed by atoms with Crippen LogP contribution in [0.5, 0.6) is 0 Å². The summed E-state index contributed by atoms with van der Waals surface area (Å²) in [6, 6.07) is 0. The average molecular weight is 503 g/mol. The van der Waals surface area contributed by atoms with Crippen molar-refractivity contribution in [1.82, 2.24) is 0 Å². The summed E-state index contributed by atoms with van der Waals surface area (Å²) in [5, 5.41) is 10.4. The predicted octanol–water partition coefficient (Wildman–Crippen LogP) is 0.973. The van der Waals surface area contributed by atoms with Gasteiger partial charge in [-0.15, -0.1) is 0 Å². The van der Waals surface area contributed by atoms with E-state index in [0.29, 0.717) is 12.8 Å². The Kier molecular flexibility index (Phi) is 4.06. The van der Waals surface area contributed by atoms with E-state index in [2.05, 4.69) is 0 Å². The van der Waals surface area contributed by atoms with Crippen LogP contribution in [0.2, 0.25) is 0 Å². The van der Waals surface area contributed by atoms with Crippen molar-refractivity contribution in [3.05, 3.63) is 11.6 Å². The summed E-state index contributed by atoms with van der Waals surface area (Å²) in [5.41, 5.74) is -4.23. The number of carbonyl (C=O) groups excluding carboxylic acids is 4. The lowest BCUT2D eigenvalue weighted by Gasteiger charge is -2.65. The molecule has 3 unspecified atom stereocenters. The molecule has 5 heterocycles. The van der Waals surface area contributed by atoms with Crippen LogP contribution in [0.3, 0.4) is 0 Å². The Morgan fingerprint density at radius 2 is 1.69 bits per heavy atom. The molecule has 0 aromatic rings. The highest BCUT2D eigenvalue weighted by molar-refractivity contribution is 5.94. The highest BCUT2D eigenvalue weighted by Gasteiger charge is 2.90. The van der Waals surface area contributed by atoms with Crippen LogP contribution >= 0.6 is 0 Å². The third-order valence-electron chi connectivity index (χ3n) is 11.0. The standard InChI is InChI=1S/C26H30O10/c1-22(2)13-8-14(27)24(4)12(25(13)10-32-16(28)9-15(25)35-22)5-6-23(3)18(11-7-17(29)33-20(11)30)34-21(31)19-26(23,24)36-19/h7,12-13,15,18-20,30H,5-6,8-10H2,1-4H3/t12?,13?,15-,18-,19+,20?,23-,24-,25+,26+/m0/s1. The number of esters is 3. The van der Waals surface area contributed by atoms with E-state index in [1.54, 1.807) is 0 Å². The Balaban J connectivity index is 1.39. The minimum atomic E-state index is -1.53. The molecule has 0 radical (unpaired) electrons. The van der Waals surface area contributed by atoms with E-state index in [1.807, 2.05) is 27.7 Å². The Labute approximate surface area is 207 Å². The first-order chi connectivity index (χ1) is 16.8. The second-order valence-corrected chi connectivity index (χ2v) is 12.6. The van der Waals surface area contributed by atoms with Gasteiger partial charge in [0.1, 0.15) is 24.1 Å². The normalized spacial score (nSPS) is 54.1. The Hall–Kier alpha value is -2.30. The molecule has 0 aromatic carbocycles. The molecule has 10 heteroatoms. The molecular weight excluding hydrogens is 472 g/mol. The Morgan fingerprint density at radius 1 is 0.944 bits per heavy atom. The molecule has 0 amide bonds. The maximum atomic E-state index is 14.3. The van der Waals surface area contributed by atoms with Gasteiger partial charge in [0.15, 0.2) is 6.10 Å². The lowest BCUT2D eigenvalue weighted by molar-refractivity contribution is -0.223. The summed E-state index contributed by atoms with van der Waals surface area (Å²) < 4.78 is 29.1. The van der Waals surface area contributed by atoms with Gasteiger partial charge < -0.3 is 28.8 Å². The number of Topliss-reactive ketones (excluding diaryl/α,β-unsaturated/α-hetero) is 1. The van der Waals surface area contributed by atoms with Crippen molar-refractivity contribution in [3.63, 3.8) is 0 Å². The van der Waals surface area contributed by atoms with Crippen LogP contribution in [0.15, 0.2) is 11.6 Å². The zero-order valence-corrected chi connectivity index (χ0v) is 20.7. The molecule has 0 aromatic heterocycles. The maximum absolute atomic E-state index is 14.3. The van der Waals surface area contributed by atoms with E-state index in [1.165, 1.54) is 6.08 Å². The number of rotatable bonds is 1. The molecule has 0 bridgehead atoms. The predicted molar refractivity (Wildman–Crippen MR) is 117 cm³/mol. The first kappa shape index (κ1) is 22.9. The number of epoxide rings is 1. The van der Waals surface area contributed by atoms with Crippen molar-refractivity contribution in [2.45, 2.75) is 89.2 Å². The molecule has 2 saturated carbocycles. The second kappa shape index (κ2) is 6.39. The van der Waals surface area contributed by atoms with Crippen molar-refractivity contribution >= 4 is 23.7 Å². The maximum Gasteiger partial charge on any atom is 0.339 e. The van der Waals surface area contributed by atoms with Gasteiger partial charge in [-0.05, 0) is 39.5 Å². The second-order valence-electron chi connectivity index (χ2n) is 12.6. The van der Waals surface area contributed by atoms with E-state index >= 15 is 0 Å². The van der Waals surface area contributed by atoms with Crippen LogP contribution in [0.4, 0.5) is 0 Å². The summed E-state index contributed by atoms with van der Waals surface area (Å²) in [6.07, 6.45) is -1.25. The van der Waals surface area contributed by atoms with Gasteiger partial charge in [-0.2, -0.15) is 0 Å². The summed E-state index contributed by atoms with van der Waals surface area (Å²) in [5.74, 6) is -2.06. The fraction of sp³-hybridized carbons (Fsp3) is 0.769. The van der Waals surface area contributed by atoms with Gasteiger partial charge in [-0.1, -0.05) is 6.92 Å². The quantitative estimate of drug-likeness (QED) is 0.314. The van der Waals surface area contributed by atoms with Crippen molar-refractivity contribution in [1.29, 1.82) is 0 Å².